The Morgan fingerprint density at radius 1 is 0.442 bits per heavy atom. The summed E-state index contributed by atoms with van der Waals surface area (Å²) in [5.74, 6) is -1.50. The number of hydrogen-bond donors (Lipinski definition) is 2. The van der Waals surface area contributed by atoms with Crippen LogP contribution in [-0.4, -0.2) is 47.4 Å². The fraction of sp³-hybridized carbons (Fsp3) is 0.804. The van der Waals surface area contributed by atoms with Gasteiger partial charge in [0, 0.05) is 24.2 Å². The van der Waals surface area contributed by atoms with Crippen molar-refractivity contribution in [3.63, 3.8) is 0 Å². The average Bonchev–Trinajstić information content (AvgIpc) is 3.15. The molecule has 0 radical (unpaired) electrons. The molecule has 0 bridgehead atoms. The Morgan fingerprint density at radius 2 is 0.712 bits per heavy atom. The van der Waals surface area contributed by atoms with Crippen molar-refractivity contribution in [3.8, 4) is 0 Å². The largest absolute Gasteiger partial charge is 0.480 e. The van der Waals surface area contributed by atoms with Gasteiger partial charge in [-0.25, -0.2) is 0 Å². The van der Waals surface area contributed by atoms with Crippen LogP contribution < -0.4 is 5.32 Å². The molecule has 2 N–H and O–H groups in total. The van der Waals surface area contributed by atoms with Gasteiger partial charge in [0.05, 0.1) is 0 Å². The van der Waals surface area contributed by atoms with Gasteiger partial charge in [-0.2, -0.15) is 0 Å². The maximum absolute atomic E-state index is 13.6. The second-order valence-corrected chi connectivity index (χ2v) is 15.6. The van der Waals surface area contributed by atoms with Crippen LogP contribution in [0.2, 0.25) is 0 Å². The van der Waals surface area contributed by atoms with Gasteiger partial charge in [-0.1, -0.05) is 206 Å². The van der Waals surface area contributed by atoms with Crippen LogP contribution in [0.25, 0.3) is 0 Å². The lowest BCUT2D eigenvalue weighted by Gasteiger charge is -2.23. The lowest BCUT2D eigenvalue weighted by molar-refractivity contribution is -0.135. The lowest BCUT2D eigenvalue weighted by Crippen LogP contribution is -2.33. The molecule has 1 aromatic carbocycles. The summed E-state index contributed by atoms with van der Waals surface area (Å²) in [6, 6.07) is 6.64. The van der Waals surface area contributed by atoms with Crippen LogP contribution in [-0.2, 0) is 4.79 Å². The first kappa shape index (κ1) is 47.7. The van der Waals surface area contributed by atoms with E-state index in [-0.39, 0.29) is 5.91 Å². The number of nitrogens with one attached hydrogen (secondary N) is 1. The highest BCUT2D eigenvalue weighted by Gasteiger charge is 2.16. The molecule has 0 spiro atoms. The van der Waals surface area contributed by atoms with Crippen LogP contribution in [0, 0.1) is 0 Å². The van der Waals surface area contributed by atoms with Crippen molar-refractivity contribution in [3.05, 3.63) is 35.4 Å². The summed E-state index contributed by atoms with van der Waals surface area (Å²) in [4.78, 5) is 38.6. The van der Waals surface area contributed by atoms with Gasteiger partial charge in [0.2, 0.25) is 0 Å². The molecular formula is C46H82N2O4. The minimum atomic E-state index is -1.08. The third-order valence-electron chi connectivity index (χ3n) is 10.6. The van der Waals surface area contributed by atoms with Crippen molar-refractivity contribution >= 4 is 17.8 Å². The predicted octanol–water partition coefficient (Wildman–Crippen LogP) is 13.5. The number of carboxylic acid groups (broad SMARTS) is 1. The minimum absolute atomic E-state index is 0.0272. The van der Waals surface area contributed by atoms with Crippen LogP contribution in [0.4, 0.5) is 0 Å². The van der Waals surface area contributed by atoms with E-state index in [1.165, 1.54) is 180 Å². The summed E-state index contributed by atoms with van der Waals surface area (Å²) in [7, 11) is 0. The number of benzene rings is 1. The molecule has 0 unspecified atom stereocenters. The minimum Gasteiger partial charge on any atom is -0.480 e. The number of rotatable bonds is 38. The summed E-state index contributed by atoms with van der Waals surface area (Å²) < 4.78 is 0. The third-order valence-corrected chi connectivity index (χ3v) is 10.6. The Kier molecular flexibility index (Phi) is 32.7. The number of nitrogens with zero attached hydrogens (tertiary/aromatic N) is 1. The zero-order valence-corrected chi connectivity index (χ0v) is 34.2. The molecule has 0 aliphatic carbocycles. The van der Waals surface area contributed by atoms with Crippen LogP contribution >= 0.6 is 0 Å². The van der Waals surface area contributed by atoms with E-state index in [1.54, 1.807) is 24.3 Å². The monoisotopic (exact) mass is 727 g/mol. The molecule has 0 saturated heterocycles. The molecule has 0 saturated carbocycles. The van der Waals surface area contributed by atoms with E-state index in [4.69, 9.17) is 5.11 Å². The summed E-state index contributed by atoms with van der Waals surface area (Å²) in [5.41, 5.74) is 0.947. The normalized spacial score (nSPS) is 11.2. The third kappa shape index (κ3) is 28.2. The van der Waals surface area contributed by atoms with Crippen molar-refractivity contribution < 1.29 is 19.5 Å². The summed E-state index contributed by atoms with van der Waals surface area (Å²) in [5, 5.41) is 11.2. The molecule has 0 fully saturated rings. The second-order valence-electron chi connectivity index (χ2n) is 15.6. The van der Waals surface area contributed by atoms with E-state index >= 15 is 0 Å². The number of hydrogen-bond acceptors (Lipinski definition) is 3. The van der Waals surface area contributed by atoms with Gasteiger partial charge in [0.25, 0.3) is 11.8 Å². The Balaban J connectivity index is 2.32. The predicted molar refractivity (Wildman–Crippen MR) is 221 cm³/mol. The van der Waals surface area contributed by atoms with Gasteiger partial charge in [-0.15, -0.1) is 0 Å². The van der Waals surface area contributed by atoms with Gasteiger partial charge in [-0.3, -0.25) is 14.4 Å². The molecule has 0 aromatic heterocycles. The fourth-order valence-electron chi connectivity index (χ4n) is 7.22. The van der Waals surface area contributed by atoms with Crippen molar-refractivity contribution in [1.29, 1.82) is 0 Å². The van der Waals surface area contributed by atoms with E-state index in [0.717, 1.165) is 38.8 Å². The first-order chi connectivity index (χ1) is 25.5. The maximum Gasteiger partial charge on any atom is 0.322 e. The smallest absolute Gasteiger partial charge is 0.322 e. The van der Waals surface area contributed by atoms with E-state index in [1.807, 2.05) is 4.90 Å². The van der Waals surface area contributed by atoms with Crippen LogP contribution in [0.3, 0.4) is 0 Å². The zero-order valence-electron chi connectivity index (χ0n) is 34.2. The van der Waals surface area contributed by atoms with Crippen molar-refractivity contribution in [2.24, 2.45) is 0 Å². The molecule has 6 heteroatoms. The quantitative estimate of drug-likeness (QED) is 0.0664. The number of carbonyl (C=O) groups excluding carboxylic acids is 2. The van der Waals surface area contributed by atoms with Crippen LogP contribution in [0.1, 0.15) is 240 Å². The highest BCUT2D eigenvalue weighted by atomic mass is 16.4. The molecule has 6 nitrogen and oxygen atoms in total. The Labute approximate surface area is 321 Å². The van der Waals surface area contributed by atoms with Crippen molar-refractivity contribution in [2.75, 3.05) is 19.6 Å². The lowest BCUT2D eigenvalue weighted by atomic mass is 10.0. The number of amides is 2. The highest BCUT2D eigenvalue weighted by Crippen LogP contribution is 2.17. The molecule has 0 aliphatic heterocycles. The van der Waals surface area contributed by atoms with Gasteiger partial charge in [-0.05, 0) is 37.1 Å². The van der Waals surface area contributed by atoms with E-state index < -0.39 is 18.4 Å². The molecule has 0 heterocycles. The van der Waals surface area contributed by atoms with E-state index in [9.17, 15) is 14.4 Å². The first-order valence-corrected chi connectivity index (χ1v) is 22.4. The van der Waals surface area contributed by atoms with Gasteiger partial charge in [0.15, 0.2) is 0 Å². The number of aliphatic carboxylic acids is 1. The molecule has 52 heavy (non-hydrogen) atoms. The molecular weight excluding hydrogens is 645 g/mol. The zero-order chi connectivity index (χ0) is 37.7. The summed E-state index contributed by atoms with van der Waals surface area (Å²) >= 11 is 0. The Hall–Kier alpha value is -2.37. The molecule has 300 valence electrons. The number of carbonyl (C=O) groups is 3. The highest BCUT2D eigenvalue weighted by molar-refractivity contribution is 5.98. The second kappa shape index (κ2) is 35.6. The van der Waals surface area contributed by atoms with Crippen LogP contribution in [0.5, 0.6) is 0 Å². The molecule has 0 atom stereocenters. The van der Waals surface area contributed by atoms with E-state index in [0.29, 0.717) is 11.1 Å². The molecule has 1 rings (SSSR count). The fourth-order valence-corrected chi connectivity index (χ4v) is 7.22. The molecule has 0 aliphatic rings. The summed E-state index contributed by atoms with van der Waals surface area (Å²) in [6.07, 6.45) is 42.7. The Bertz CT molecular complexity index is 943. The van der Waals surface area contributed by atoms with Gasteiger partial charge < -0.3 is 15.3 Å². The molecule has 2 amide bonds. The van der Waals surface area contributed by atoms with E-state index in [2.05, 4.69) is 19.2 Å². The van der Waals surface area contributed by atoms with Gasteiger partial charge in [0.1, 0.15) is 6.54 Å². The molecule has 1 aromatic rings. The number of unbranched alkanes of at least 4 members (excludes halogenated alkanes) is 30. The summed E-state index contributed by atoms with van der Waals surface area (Å²) in [6.45, 7) is 5.69. The van der Waals surface area contributed by atoms with Crippen molar-refractivity contribution in [1.82, 2.24) is 10.2 Å². The standard InChI is InChI=1S/C46H82N2O4/c1-3-5-7-9-11-13-15-17-19-21-23-25-27-29-31-33-39-48(46(52)43-37-35-42(36-38-43)45(51)47-41-44(49)50)40-34-32-30-28-26-24-22-20-18-16-14-12-10-8-6-4-2/h35-38H,3-34,39-41H2,1-2H3,(H,47,51)(H,49,50). The topological polar surface area (TPSA) is 86.7 Å². The van der Waals surface area contributed by atoms with Crippen molar-refractivity contribution in [2.45, 2.75) is 219 Å². The Morgan fingerprint density at radius 3 is 1.00 bits per heavy atom. The maximum atomic E-state index is 13.6. The first-order valence-electron chi connectivity index (χ1n) is 22.4. The SMILES string of the molecule is CCCCCCCCCCCCCCCCCCN(CCCCCCCCCCCCCCCCCC)C(=O)c1ccc(C(=O)NCC(=O)O)cc1. The van der Waals surface area contributed by atoms with Crippen LogP contribution in [0.15, 0.2) is 24.3 Å². The average molecular weight is 727 g/mol. The van der Waals surface area contributed by atoms with Gasteiger partial charge >= 0.3 is 5.97 Å². The number of carboxylic acids is 1.